The van der Waals surface area contributed by atoms with Crippen LogP contribution >= 0.6 is 0 Å². The van der Waals surface area contributed by atoms with Gasteiger partial charge in [-0.15, -0.1) is 0 Å². The van der Waals surface area contributed by atoms with Crippen molar-refractivity contribution in [3.05, 3.63) is 63.7 Å². The number of carbonyl (C=O) groups is 2. The van der Waals surface area contributed by atoms with Gasteiger partial charge in [0, 0.05) is 43.5 Å². The van der Waals surface area contributed by atoms with Crippen molar-refractivity contribution in [1.29, 1.82) is 0 Å². The Balaban J connectivity index is 1.72. The Bertz CT molecular complexity index is 953. The van der Waals surface area contributed by atoms with E-state index in [0.29, 0.717) is 36.6 Å². The third-order valence-corrected chi connectivity index (χ3v) is 5.09. The molecule has 1 aliphatic heterocycles. The van der Waals surface area contributed by atoms with Crippen LogP contribution in [0.15, 0.2) is 42.5 Å². The number of likely N-dealkylation sites (N-methyl/N-ethyl adjacent to an activating group) is 1. The molecule has 1 saturated heterocycles. The first kappa shape index (κ1) is 22.2. The third kappa shape index (κ3) is 5.58. The van der Waals surface area contributed by atoms with Crippen LogP contribution in [0, 0.1) is 10.1 Å². The summed E-state index contributed by atoms with van der Waals surface area (Å²) in [6.45, 7) is 5.28. The fraction of sp³-hybridized carbons (Fsp3) is 0.364. The number of nitro groups is 1. The van der Waals surface area contributed by atoms with Crippen molar-refractivity contribution in [2.24, 2.45) is 0 Å². The number of anilines is 2. The Labute approximate surface area is 180 Å². The van der Waals surface area contributed by atoms with Gasteiger partial charge >= 0.3 is 5.97 Å². The number of nitro benzene ring substituents is 1. The quantitative estimate of drug-likeness (QED) is 0.412. The van der Waals surface area contributed by atoms with Gasteiger partial charge < -0.3 is 19.9 Å². The molecule has 0 unspecified atom stereocenters. The number of hydrogen-bond donors (Lipinski definition) is 1. The number of carbonyl (C=O) groups excluding carboxylic acids is 2. The first-order valence-electron chi connectivity index (χ1n) is 10.2. The van der Waals surface area contributed by atoms with E-state index in [9.17, 15) is 19.7 Å². The van der Waals surface area contributed by atoms with Crippen LogP contribution in [0.4, 0.5) is 17.1 Å². The third-order valence-electron chi connectivity index (χ3n) is 5.09. The summed E-state index contributed by atoms with van der Waals surface area (Å²) in [6, 6.07) is 10.8. The topological polar surface area (TPSA) is 105 Å². The average Bonchev–Trinajstić information content (AvgIpc) is 2.78. The molecule has 2 aromatic carbocycles. The number of ether oxygens (including phenoxy) is 1. The van der Waals surface area contributed by atoms with Crippen LogP contribution in [0.5, 0.6) is 0 Å². The van der Waals surface area contributed by atoms with Gasteiger partial charge in [-0.3, -0.25) is 14.9 Å². The van der Waals surface area contributed by atoms with E-state index < -0.39 is 16.8 Å². The van der Waals surface area contributed by atoms with Crippen molar-refractivity contribution in [2.45, 2.75) is 13.3 Å². The molecule has 0 spiro atoms. The van der Waals surface area contributed by atoms with Gasteiger partial charge in [-0.05, 0) is 49.9 Å². The fourth-order valence-corrected chi connectivity index (χ4v) is 3.30. The maximum Gasteiger partial charge on any atom is 0.338 e. The summed E-state index contributed by atoms with van der Waals surface area (Å²) in [4.78, 5) is 39.8. The van der Waals surface area contributed by atoms with Gasteiger partial charge in [0.25, 0.3) is 11.6 Å². The Morgan fingerprint density at radius 2 is 1.71 bits per heavy atom. The molecule has 0 aliphatic carbocycles. The molecule has 1 N–H and O–H groups in total. The highest BCUT2D eigenvalue weighted by Crippen LogP contribution is 2.30. The normalized spacial score (nSPS) is 14.2. The molecule has 1 amide bonds. The monoisotopic (exact) mass is 426 g/mol. The van der Waals surface area contributed by atoms with Crippen molar-refractivity contribution in [1.82, 2.24) is 4.90 Å². The van der Waals surface area contributed by atoms with Crippen molar-refractivity contribution in [2.75, 3.05) is 50.1 Å². The largest absolute Gasteiger partial charge is 0.462 e. The lowest BCUT2D eigenvalue weighted by Gasteiger charge is -2.33. The van der Waals surface area contributed by atoms with Crippen LogP contribution in [0.2, 0.25) is 0 Å². The lowest BCUT2D eigenvalue weighted by Crippen LogP contribution is -2.44. The van der Waals surface area contributed by atoms with E-state index in [1.54, 1.807) is 36.4 Å². The van der Waals surface area contributed by atoms with E-state index >= 15 is 0 Å². The Hall–Kier alpha value is -3.46. The van der Waals surface area contributed by atoms with E-state index in [1.807, 2.05) is 18.9 Å². The van der Waals surface area contributed by atoms with Crippen LogP contribution in [-0.4, -0.2) is 61.5 Å². The minimum absolute atomic E-state index is 0.0915. The second kappa shape index (κ2) is 10.0. The first-order valence-corrected chi connectivity index (χ1v) is 10.2. The van der Waals surface area contributed by atoms with E-state index in [4.69, 9.17) is 4.74 Å². The standard InChI is InChI=1S/C22H26N4O5/c1-3-14-31-22(28)16-4-7-18(8-5-16)23-21(27)17-6-9-19(20(15-17)26(29)30)25-12-10-24(2)11-13-25/h4-9,15H,3,10-14H2,1-2H3,(H,23,27). The first-order chi connectivity index (χ1) is 14.9. The second-order valence-corrected chi connectivity index (χ2v) is 7.42. The lowest BCUT2D eigenvalue weighted by molar-refractivity contribution is -0.384. The van der Waals surface area contributed by atoms with E-state index in [-0.39, 0.29) is 11.3 Å². The molecule has 0 aromatic heterocycles. The number of hydrogen-bond acceptors (Lipinski definition) is 7. The Kier molecular flexibility index (Phi) is 7.19. The van der Waals surface area contributed by atoms with Crippen LogP contribution in [0.25, 0.3) is 0 Å². The van der Waals surface area contributed by atoms with Crippen molar-refractivity contribution >= 4 is 28.9 Å². The number of benzene rings is 2. The average molecular weight is 426 g/mol. The molecule has 0 atom stereocenters. The number of rotatable bonds is 7. The van der Waals surface area contributed by atoms with Crippen LogP contribution < -0.4 is 10.2 Å². The molecule has 0 saturated carbocycles. The molecule has 0 radical (unpaired) electrons. The summed E-state index contributed by atoms with van der Waals surface area (Å²) in [5, 5.41) is 14.3. The highest BCUT2D eigenvalue weighted by Gasteiger charge is 2.24. The fourth-order valence-electron chi connectivity index (χ4n) is 3.30. The molecule has 9 nitrogen and oxygen atoms in total. The zero-order valence-corrected chi connectivity index (χ0v) is 17.7. The van der Waals surface area contributed by atoms with Crippen LogP contribution in [0.3, 0.4) is 0 Å². The summed E-state index contributed by atoms with van der Waals surface area (Å²) in [5.41, 5.74) is 1.48. The van der Waals surface area contributed by atoms with Gasteiger partial charge in [0.2, 0.25) is 0 Å². The van der Waals surface area contributed by atoms with Gasteiger partial charge in [0.05, 0.1) is 17.1 Å². The zero-order valence-electron chi connectivity index (χ0n) is 17.7. The summed E-state index contributed by atoms with van der Waals surface area (Å²) < 4.78 is 5.07. The number of piperazine rings is 1. The predicted octanol–water partition coefficient (Wildman–Crippen LogP) is 3.17. The highest BCUT2D eigenvalue weighted by molar-refractivity contribution is 6.05. The molecule has 9 heteroatoms. The molecule has 164 valence electrons. The maximum absolute atomic E-state index is 12.6. The van der Waals surface area contributed by atoms with Gasteiger partial charge in [-0.1, -0.05) is 6.92 Å². The summed E-state index contributed by atoms with van der Waals surface area (Å²) in [7, 11) is 2.01. The van der Waals surface area contributed by atoms with Crippen molar-refractivity contribution in [3.63, 3.8) is 0 Å². The maximum atomic E-state index is 12.6. The molecular weight excluding hydrogens is 400 g/mol. The zero-order chi connectivity index (χ0) is 22.4. The minimum Gasteiger partial charge on any atom is -0.462 e. The Morgan fingerprint density at radius 1 is 1.06 bits per heavy atom. The van der Waals surface area contributed by atoms with Gasteiger partial charge in [-0.25, -0.2) is 4.79 Å². The number of nitrogens with one attached hydrogen (secondary N) is 1. The van der Waals surface area contributed by atoms with Crippen molar-refractivity contribution < 1.29 is 19.2 Å². The molecular formula is C22H26N4O5. The minimum atomic E-state index is -0.464. The van der Waals surface area contributed by atoms with Gasteiger partial charge in [0.15, 0.2) is 0 Å². The molecule has 1 aliphatic rings. The van der Waals surface area contributed by atoms with Crippen LogP contribution in [0.1, 0.15) is 34.1 Å². The number of nitrogens with zero attached hydrogens (tertiary/aromatic N) is 3. The number of amides is 1. The molecule has 2 aromatic rings. The van der Waals surface area contributed by atoms with E-state index in [0.717, 1.165) is 19.5 Å². The number of esters is 1. The predicted molar refractivity (Wildman–Crippen MR) is 118 cm³/mol. The summed E-state index contributed by atoms with van der Waals surface area (Å²) >= 11 is 0. The van der Waals surface area contributed by atoms with Gasteiger partial charge in [-0.2, -0.15) is 0 Å². The van der Waals surface area contributed by atoms with Gasteiger partial charge in [0.1, 0.15) is 5.69 Å². The summed E-state index contributed by atoms with van der Waals surface area (Å²) in [5.74, 6) is -0.885. The van der Waals surface area contributed by atoms with E-state index in [1.165, 1.54) is 6.07 Å². The molecule has 3 rings (SSSR count). The highest BCUT2D eigenvalue weighted by atomic mass is 16.6. The van der Waals surface area contributed by atoms with Crippen LogP contribution in [-0.2, 0) is 4.74 Å². The SMILES string of the molecule is CCCOC(=O)c1ccc(NC(=O)c2ccc(N3CCN(C)CC3)c([N+](=O)[O-])c2)cc1. The Morgan fingerprint density at radius 3 is 2.32 bits per heavy atom. The summed E-state index contributed by atoms with van der Waals surface area (Å²) in [6.07, 6.45) is 0.736. The molecule has 0 bridgehead atoms. The molecule has 1 heterocycles. The smallest absolute Gasteiger partial charge is 0.338 e. The molecule has 1 fully saturated rings. The lowest BCUT2D eigenvalue weighted by atomic mass is 10.1. The van der Waals surface area contributed by atoms with E-state index in [2.05, 4.69) is 10.2 Å². The second-order valence-electron chi connectivity index (χ2n) is 7.42. The van der Waals surface area contributed by atoms with Crippen molar-refractivity contribution in [3.8, 4) is 0 Å². The molecule has 31 heavy (non-hydrogen) atoms.